The number of piperazine rings is 1. The first-order valence-electron chi connectivity index (χ1n) is 6.18. The fourth-order valence-corrected chi connectivity index (χ4v) is 1.35. The van der Waals surface area contributed by atoms with Gasteiger partial charge in [-0.3, -0.25) is 0 Å². The summed E-state index contributed by atoms with van der Waals surface area (Å²) in [4.78, 5) is 27.7. The zero-order chi connectivity index (χ0) is 13.4. The van der Waals surface area contributed by atoms with Crippen molar-refractivity contribution < 1.29 is 19.2 Å². The quantitative estimate of drug-likeness (QED) is 0.561. The van der Waals surface area contributed by atoms with Crippen molar-refractivity contribution in [3.63, 3.8) is 0 Å². The second kappa shape index (κ2) is 7.84. The van der Waals surface area contributed by atoms with E-state index in [1.807, 2.05) is 6.92 Å². The normalized spacial score (nSPS) is 18.6. The van der Waals surface area contributed by atoms with E-state index in [2.05, 4.69) is 5.32 Å². The monoisotopic (exact) mass is 256 g/mol. The Balaban J connectivity index is 2.27. The number of rotatable bonds is 5. The van der Waals surface area contributed by atoms with Crippen LogP contribution in [0.5, 0.6) is 0 Å². The number of nitrogens with one attached hydrogen (secondary N) is 1. The fraction of sp³-hybridized carbons (Fsp3) is 0.667. The zero-order valence-electron chi connectivity index (χ0n) is 10.8. The number of nitrogens with zero attached hydrogens (tertiary/aromatic N) is 1. The molecule has 0 radical (unpaired) electrons. The lowest BCUT2D eigenvalue weighted by Crippen LogP contribution is -2.44. The van der Waals surface area contributed by atoms with Crippen LogP contribution in [0.4, 0.5) is 0 Å². The number of carbonyl (C=O) groups is 2. The van der Waals surface area contributed by atoms with E-state index >= 15 is 0 Å². The van der Waals surface area contributed by atoms with Gasteiger partial charge in [0.15, 0.2) is 0 Å². The molecule has 1 atom stereocenters. The van der Waals surface area contributed by atoms with Gasteiger partial charge < -0.3 is 14.9 Å². The number of hydroxylamine groups is 2. The molecule has 0 aromatic carbocycles. The van der Waals surface area contributed by atoms with Crippen LogP contribution in [-0.4, -0.2) is 49.3 Å². The SMILES string of the molecule is CC[C@H](C)OC(=O)/C=C/C(=O)ON1CCNCC1. The Morgan fingerprint density at radius 1 is 1.28 bits per heavy atom. The predicted octanol–water partition coefficient (Wildman–Crippen LogP) is 0.248. The molecule has 102 valence electrons. The highest BCUT2D eigenvalue weighted by Gasteiger charge is 2.13. The first-order valence-corrected chi connectivity index (χ1v) is 6.18. The molecule has 1 heterocycles. The van der Waals surface area contributed by atoms with Crippen LogP contribution in [0.1, 0.15) is 20.3 Å². The Hall–Kier alpha value is -1.40. The molecule has 1 saturated heterocycles. The lowest BCUT2D eigenvalue weighted by Gasteiger charge is -2.24. The third-order valence-electron chi connectivity index (χ3n) is 2.54. The lowest BCUT2D eigenvalue weighted by atomic mass is 10.3. The first-order chi connectivity index (χ1) is 8.61. The Morgan fingerprint density at radius 2 is 1.89 bits per heavy atom. The summed E-state index contributed by atoms with van der Waals surface area (Å²) in [5, 5.41) is 4.71. The number of carbonyl (C=O) groups excluding carboxylic acids is 2. The molecule has 0 saturated carbocycles. The summed E-state index contributed by atoms with van der Waals surface area (Å²) < 4.78 is 4.98. The molecule has 1 rings (SSSR count). The maximum Gasteiger partial charge on any atom is 0.349 e. The van der Waals surface area contributed by atoms with Crippen LogP contribution in [0.2, 0.25) is 0 Å². The second-order valence-electron chi connectivity index (χ2n) is 4.08. The molecule has 6 heteroatoms. The van der Waals surface area contributed by atoms with Crippen molar-refractivity contribution in [1.82, 2.24) is 10.4 Å². The van der Waals surface area contributed by atoms with Crippen molar-refractivity contribution in [2.24, 2.45) is 0 Å². The summed E-state index contributed by atoms with van der Waals surface area (Å²) >= 11 is 0. The van der Waals surface area contributed by atoms with E-state index in [0.717, 1.165) is 31.7 Å². The van der Waals surface area contributed by atoms with Crippen molar-refractivity contribution in [3.8, 4) is 0 Å². The molecule has 1 fully saturated rings. The van der Waals surface area contributed by atoms with Gasteiger partial charge in [0.2, 0.25) is 0 Å². The molecule has 0 spiro atoms. The average molecular weight is 256 g/mol. The van der Waals surface area contributed by atoms with Gasteiger partial charge in [-0.15, -0.1) is 5.06 Å². The highest BCUT2D eigenvalue weighted by atomic mass is 16.7. The Labute approximate surface area is 107 Å². The second-order valence-corrected chi connectivity index (χ2v) is 4.08. The summed E-state index contributed by atoms with van der Waals surface area (Å²) in [6, 6.07) is 0. The standard InChI is InChI=1S/C12H20N2O4/c1-3-10(2)17-11(15)4-5-12(16)18-14-8-6-13-7-9-14/h4-5,10,13H,3,6-9H2,1-2H3/b5-4+/t10-/m0/s1. The minimum Gasteiger partial charge on any atom is -0.460 e. The third kappa shape index (κ3) is 5.79. The van der Waals surface area contributed by atoms with E-state index in [4.69, 9.17) is 9.57 Å². The molecule has 0 aromatic heterocycles. The predicted molar refractivity (Wildman–Crippen MR) is 65.5 cm³/mol. The van der Waals surface area contributed by atoms with Crippen molar-refractivity contribution in [2.45, 2.75) is 26.4 Å². The molecule has 1 aliphatic heterocycles. The zero-order valence-corrected chi connectivity index (χ0v) is 10.8. The van der Waals surface area contributed by atoms with E-state index in [0.29, 0.717) is 13.1 Å². The van der Waals surface area contributed by atoms with Gasteiger partial charge in [0.25, 0.3) is 0 Å². The first kappa shape index (κ1) is 14.7. The topological polar surface area (TPSA) is 67.9 Å². The smallest absolute Gasteiger partial charge is 0.349 e. The van der Waals surface area contributed by atoms with Crippen LogP contribution in [0.3, 0.4) is 0 Å². The average Bonchev–Trinajstić information content (AvgIpc) is 2.37. The van der Waals surface area contributed by atoms with E-state index in [-0.39, 0.29) is 6.10 Å². The highest BCUT2D eigenvalue weighted by Crippen LogP contribution is 1.98. The van der Waals surface area contributed by atoms with E-state index in [1.165, 1.54) is 0 Å². The molecule has 0 unspecified atom stereocenters. The van der Waals surface area contributed by atoms with Crippen LogP contribution >= 0.6 is 0 Å². The van der Waals surface area contributed by atoms with Crippen LogP contribution in [0, 0.1) is 0 Å². The maximum absolute atomic E-state index is 11.4. The van der Waals surface area contributed by atoms with E-state index < -0.39 is 11.9 Å². The molecule has 0 amide bonds. The van der Waals surface area contributed by atoms with Crippen molar-refractivity contribution >= 4 is 11.9 Å². The lowest BCUT2D eigenvalue weighted by molar-refractivity contribution is -0.186. The van der Waals surface area contributed by atoms with Gasteiger partial charge in [-0.2, -0.15) is 0 Å². The van der Waals surface area contributed by atoms with Crippen LogP contribution in [-0.2, 0) is 19.2 Å². The molecule has 0 bridgehead atoms. The number of ether oxygens (including phenoxy) is 1. The summed E-state index contributed by atoms with van der Waals surface area (Å²) in [5.74, 6) is -1.08. The molecule has 1 aliphatic rings. The number of esters is 1. The van der Waals surface area contributed by atoms with Gasteiger partial charge in [0.05, 0.1) is 6.10 Å². The Kier molecular flexibility index (Phi) is 6.38. The molecular formula is C12H20N2O4. The van der Waals surface area contributed by atoms with Crippen LogP contribution in [0.15, 0.2) is 12.2 Å². The minimum atomic E-state index is -0.557. The summed E-state index contributed by atoms with van der Waals surface area (Å²) in [6.07, 6.45) is 2.78. The molecule has 0 aromatic rings. The van der Waals surface area contributed by atoms with Gasteiger partial charge >= 0.3 is 11.9 Å². The van der Waals surface area contributed by atoms with E-state index in [1.54, 1.807) is 12.0 Å². The molecule has 1 N–H and O–H groups in total. The van der Waals surface area contributed by atoms with Gasteiger partial charge in [-0.05, 0) is 13.3 Å². The summed E-state index contributed by atoms with van der Waals surface area (Å²) in [6.45, 7) is 6.58. The van der Waals surface area contributed by atoms with Crippen LogP contribution in [0.25, 0.3) is 0 Å². The molecule has 0 aliphatic carbocycles. The molecule has 6 nitrogen and oxygen atoms in total. The van der Waals surface area contributed by atoms with Gasteiger partial charge in [-0.1, -0.05) is 6.92 Å². The minimum absolute atomic E-state index is 0.147. The van der Waals surface area contributed by atoms with Crippen molar-refractivity contribution in [1.29, 1.82) is 0 Å². The van der Waals surface area contributed by atoms with Gasteiger partial charge in [-0.25, -0.2) is 9.59 Å². The number of hydrogen-bond acceptors (Lipinski definition) is 6. The van der Waals surface area contributed by atoms with Crippen molar-refractivity contribution in [2.75, 3.05) is 26.2 Å². The largest absolute Gasteiger partial charge is 0.460 e. The summed E-state index contributed by atoms with van der Waals surface area (Å²) in [5.41, 5.74) is 0. The Bertz CT molecular complexity index is 311. The molecule has 18 heavy (non-hydrogen) atoms. The van der Waals surface area contributed by atoms with E-state index in [9.17, 15) is 9.59 Å². The molecular weight excluding hydrogens is 236 g/mol. The maximum atomic E-state index is 11.4. The highest BCUT2D eigenvalue weighted by molar-refractivity contribution is 5.91. The van der Waals surface area contributed by atoms with Crippen molar-refractivity contribution in [3.05, 3.63) is 12.2 Å². The van der Waals surface area contributed by atoms with Gasteiger partial charge in [0.1, 0.15) is 0 Å². The van der Waals surface area contributed by atoms with Crippen LogP contribution < -0.4 is 5.32 Å². The summed E-state index contributed by atoms with van der Waals surface area (Å²) in [7, 11) is 0. The Morgan fingerprint density at radius 3 is 2.50 bits per heavy atom. The third-order valence-corrected chi connectivity index (χ3v) is 2.54. The van der Waals surface area contributed by atoms with Gasteiger partial charge in [0, 0.05) is 38.3 Å². The number of hydrogen-bond donors (Lipinski definition) is 1. The fourth-order valence-electron chi connectivity index (χ4n) is 1.35.